The number of nitrogens with one attached hydrogen (secondary N) is 1. The van der Waals surface area contributed by atoms with Gasteiger partial charge in [0.2, 0.25) is 0 Å². The molecule has 1 aromatic carbocycles. The second-order valence-electron chi connectivity index (χ2n) is 6.08. The summed E-state index contributed by atoms with van der Waals surface area (Å²) in [5.74, 6) is -1.05. The summed E-state index contributed by atoms with van der Waals surface area (Å²) in [6.45, 7) is 0.520. The van der Waals surface area contributed by atoms with Crippen molar-refractivity contribution in [2.45, 2.75) is 19.4 Å². The molecule has 1 amide bonds. The van der Waals surface area contributed by atoms with E-state index in [9.17, 15) is 14.7 Å². The fourth-order valence-corrected chi connectivity index (χ4v) is 3.29. The smallest absolute Gasteiger partial charge is 0.280 e. The third-order valence-corrected chi connectivity index (χ3v) is 4.46. The summed E-state index contributed by atoms with van der Waals surface area (Å²) in [5, 5.41) is 14.9. The van der Waals surface area contributed by atoms with Gasteiger partial charge in [-0.1, -0.05) is 18.2 Å². The van der Waals surface area contributed by atoms with E-state index in [2.05, 4.69) is 15.5 Å². The van der Waals surface area contributed by atoms with Crippen molar-refractivity contribution in [3.8, 4) is 5.75 Å². The first-order valence-corrected chi connectivity index (χ1v) is 8.27. The number of rotatable bonds is 3. The minimum atomic E-state index is -0.741. The number of carbonyl (C=O) groups is 1. The molecule has 1 aliphatic heterocycles. The topological polar surface area (TPSA) is 96.6 Å². The van der Waals surface area contributed by atoms with Gasteiger partial charge in [0.15, 0.2) is 0 Å². The predicted octanol–water partition coefficient (Wildman–Crippen LogP) is 1.81. The number of hydrazone groups is 1. The van der Waals surface area contributed by atoms with Crippen LogP contribution in [-0.4, -0.2) is 26.8 Å². The molecule has 3 aromatic rings. The molecule has 0 radical (unpaired) electrons. The molecule has 3 heterocycles. The number of aromatic hydroxyl groups is 1. The molecule has 0 aliphatic carbocycles. The van der Waals surface area contributed by atoms with Crippen molar-refractivity contribution in [3.05, 3.63) is 69.8 Å². The van der Waals surface area contributed by atoms with Crippen molar-refractivity contribution < 1.29 is 9.90 Å². The van der Waals surface area contributed by atoms with Gasteiger partial charge < -0.3 is 9.67 Å². The monoisotopic (exact) mass is 348 g/mol. The van der Waals surface area contributed by atoms with Crippen LogP contribution in [0, 0.1) is 0 Å². The minimum Gasteiger partial charge on any atom is -0.506 e. The Balaban J connectivity index is 1.74. The van der Waals surface area contributed by atoms with Gasteiger partial charge >= 0.3 is 0 Å². The predicted molar refractivity (Wildman–Crippen MR) is 97.5 cm³/mol. The molecular formula is C19H16N4O3. The van der Waals surface area contributed by atoms with E-state index in [4.69, 9.17) is 0 Å². The fourth-order valence-electron chi connectivity index (χ4n) is 3.29. The zero-order valence-corrected chi connectivity index (χ0v) is 13.8. The van der Waals surface area contributed by atoms with E-state index in [-0.39, 0.29) is 11.3 Å². The number of aryl methyl sites for hydroxylation is 2. The summed E-state index contributed by atoms with van der Waals surface area (Å²) in [6, 6.07) is 8.99. The standard InChI is InChI=1S/C19H16N4O3/c24-17-14-7-1-5-13-6-3-9-23(16(13)14)19(26)15(17)18(25)22-21-11-12-4-2-8-20-10-12/h1-2,4-5,7-8,10-11,24H,3,6,9H2,(H,22,25)/b21-11-. The number of benzene rings is 1. The lowest BCUT2D eigenvalue weighted by Crippen LogP contribution is -2.33. The molecule has 2 aromatic heterocycles. The summed E-state index contributed by atoms with van der Waals surface area (Å²) in [7, 11) is 0. The van der Waals surface area contributed by atoms with E-state index in [0.29, 0.717) is 23.0 Å². The van der Waals surface area contributed by atoms with Gasteiger partial charge in [-0.25, -0.2) is 5.43 Å². The van der Waals surface area contributed by atoms with Crippen LogP contribution < -0.4 is 11.0 Å². The van der Waals surface area contributed by atoms with Crippen molar-refractivity contribution in [2.24, 2.45) is 5.10 Å². The molecule has 0 fully saturated rings. The van der Waals surface area contributed by atoms with Gasteiger partial charge in [0, 0.05) is 29.9 Å². The van der Waals surface area contributed by atoms with Crippen LogP contribution in [0.1, 0.15) is 27.9 Å². The highest BCUT2D eigenvalue weighted by Gasteiger charge is 2.24. The van der Waals surface area contributed by atoms with Gasteiger partial charge in [-0.3, -0.25) is 14.6 Å². The third kappa shape index (κ3) is 2.63. The largest absolute Gasteiger partial charge is 0.506 e. The van der Waals surface area contributed by atoms with Crippen LogP contribution in [0.25, 0.3) is 10.9 Å². The van der Waals surface area contributed by atoms with Crippen molar-refractivity contribution in [1.29, 1.82) is 0 Å². The summed E-state index contributed by atoms with van der Waals surface area (Å²) in [5.41, 5.74) is 3.92. The summed E-state index contributed by atoms with van der Waals surface area (Å²) >= 11 is 0. The molecular weight excluding hydrogens is 332 g/mol. The molecule has 0 saturated carbocycles. The number of hydrogen-bond donors (Lipinski definition) is 2. The molecule has 26 heavy (non-hydrogen) atoms. The molecule has 2 N–H and O–H groups in total. The van der Waals surface area contributed by atoms with Crippen molar-refractivity contribution in [2.75, 3.05) is 0 Å². The van der Waals surface area contributed by atoms with Crippen LogP contribution in [0.5, 0.6) is 5.75 Å². The van der Waals surface area contributed by atoms with Gasteiger partial charge in [-0.15, -0.1) is 0 Å². The summed E-state index contributed by atoms with van der Waals surface area (Å²) in [4.78, 5) is 29.2. The molecule has 0 bridgehead atoms. The van der Waals surface area contributed by atoms with E-state index in [0.717, 1.165) is 18.4 Å². The lowest BCUT2D eigenvalue weighted by molar-refractivity contribution is 0.0950. The lowest BCUT2D eigenvalue weighted by Gasteiger charge is -2.21. The maximum Gasteiger partial charge on any atom is 0.280 e. The number of pyridine rings is 2. The van der Waals surface area contributed by atoms with Crippen LogP contribution >= 0.6 is 0 Å². The molecule has 0 spiro atoms. The van der Waals surface area contributed by atoms with Gasteiger partial charge in [0.1, 0.15) is 11.3 Å². The quantitative estimate of drug-likeness (QED) is 0.557. The minimum absolute atomic E-state index is 0.292. The Bertz CT molecular complexity index is 1090. The average molecular weight is 348 g/mol. The van der Waals surface area contributed by atoms with Crippen LogP contribution in [0.15, 0.2) is 52.6 Å². The number of nitrogens with zero attached hydrogens (tertiary/aromatic N) is 3. The zero-order chi connectivity index (χ0) is 18.1. The molecule has 1 aliphatic rings. The Hall–Kier alpha value is -3.48. The Morgan fingerprint density at radius 1 is 1.31 bits per heavy atom. The average Bonchev–Trinajstić information content (AvgIpc) is 2.67. The van der Waals surface area contributed by atoms with Crippen LogP contribution in [-0.2, 0) is 13.0 Å². The first kappa shape index (κ1) is 16.0. The van der Waals surface area contributed by atoms with Gasteiger partial charge in [0.25, 0.3) is 11.5 Å². The van der Waals surface area contributed by atoms with E-state index in [1.54, 1.807) is 35.2 Å². The Labute approximate surface area is 148 Å². The fraction of sp³-hybridized carbons (Fsp3) is 0.158. The van der Waals surface area contributed by atoms with Crippen molar-refractivity contribution in [3.63, 3.8) is 0 Å². The van der Waals surface area contributed by atoms with Gasteiger partial charge in [-0.05, 0) is 30.5 Å². The molecule has 0 saturated heterocycles. The highest BCUT2D eigenvalue weighted by molar-refractivity contribution is 6.03. The van der Waals surface area contributed by atoms with Gasteiger partial charge in [-0.2, -0.15) is 5.10 Å². The number of para-hydroxylation sites is 1. The summed E-state index contributed by atoms with van der Waals surface area (Å²) < 4.78 is 1.56. The van der Waals surface area contributed by atoms with Crippen LogP contribution in [0.4, 0.5) is 0 Å². The molecule has 4 rings (SSSR count). The first-order valence-electron chi connectivity index (χ1n) is 8.27. The Morgan fingerprint density at radius 3 is 3.00 bits per heavy atom. The van der Waals surface area contributed by atoms with Crippen LogP contribution in [0.3, 0.4) is 0 Å². The van der Waals surface area contributed by atoms with Crippen molar-refractivity contribution >= 4 is 23.0 Å². The lowest BCUT2D eigenvalue weighted by atomic mass is 9.99. The second-order valence-corrected chi connectivity index (χ2v) is 6.08. The Kier molecular flexibility index (Phi) is 3.96. The van der Waals surface area contributed by atoms with Crippen LogP contribution in [0.2, 0.25) is 0 Å². The highest BCUT2D eigenvalue weighted by Crippen LogP contribution is 2.31. The molecule has 7 heteroatoms. The summed E-state index contributed by atoms with van der Waals surface area (Å²) in [6.07, 6.45) is 6.30. The maximum absolute atomic E-state index is 12.8. The molecule has 130 valence electrons. The zero-order valence-electron chi connectivity index (χ0n) is 13.8. The maximum atomic E-state index is 12.8. The first-order chi connectivity index (χ1) is 12.7. The van der Waals surface area contributed by atoms with E-state index in [1.165, 1.54) is 6.21 Å². The third-order valence-electron chi connectivity index (χ3n) is 4.46. The van der Waals surface area contributed by atoms with E-state index in [1.807, 2.05) is 12.1 Å². The molecule has 0 atom stereocenters. The van der Waals surface area contributed by atoms with E-state index >= 15 is 0 Å². The number of amides is 1. The number of aromatic nitrogens is 2. The van der Waals surface area contributed by atoms with E-state index < -0.39 is 11.5 Å². The number of hydrogen-bond acceptors (Lipinski definition) is 5. The van der Waals surface area contributed by atoms with Gasteiger partial charge in [0.05, 0.1) is 11.7 Å². The highest BCUT2D eigenvalue weighted by atomic mass is 16.3. The molecule has 0 unspecified atom stereocenters. The normalized spacial score (nSPS) is 13.2. The SMILES string of the molecule is O=C(N/N=C\c1cccnc1)c1c(O)c2cccc3c2n(c1=O)CCC3. The number of carbonyl (C=O) groups excluding carboxylic acids is 1. The van der Waals surface area contributed by atoms with Crippen molar-refractivity contribution in [1.82, 2.24) is 15.0 Å². The second kappa shape index (κ2) is 6.44. The Morgan fingerprint density at radius 2 is 2.19 bits per heavy atom. The molecule has 7 nitrogen and oxygen atoms in total.